The summed E-state index contributed by atoms with van der Waals surface area (Å²) in [6.07, 6.45) is 3.04. The maximum Gasteiger partial charge on any atom is 0.263 e. The summed E-state index contributed by atoms with van der Waals surface area (Å²) in [5.74, 6) is 0. The van der Waals surface area contributed by atoms with E-state index in [0.29, 0.717) is 10.2 Å². The van der Waals surface area contributed by atoms with Crippen molar-refractivity contribution in [3.05, 3.63) is 52.3 Å². The van der Waals surface area contributed by atoms with Gasteiger partial charge in [0.05, 0.1) is 5.69 Å². The number of anilines is 1. The summed E-state index contributed by atoms with van der Waals surface area (Å²) >= 11 is 3.32. The quantitative estimate of drug-likeness (QED) is 0.881. The lowest BCUT2D eigenvalue weighted by atomic mass is 10.1. The molecule has 1 aromatic heterocycles. The molecule has 2 aromatic rings. The molecule has 0 radical (unpaired) electrons. The third-order valence-corrected chi connectivity index (χ3v) is 5.46. The van der Waals surface area contributed by atoms with Crippen LogP contribution >= 0.6 is 15.9 Å². The predicted molar refractivity (Wildman–Crippen MR) is 81.8 cm³/mol. The molecule has 0 amide bonds. The van der Waals surface area contributed by atoms with E-state index in [1.807, 2.05) is 13.0 Å². The fourth-order valence-electron chi connectivity index (χ4n) is 1.75. The molecule has 20 heavy (non-hydrogen) atoms. The molecule has 0 atom stereocenters. The highest BCUT2D eigenvalue weighted by Crippen LogP contribution is 2.28. The zero-order valence-corrected chi connectivity index (χ0v) is 13.2. The Kier molecular flexibility index (Phi) is 4.42. The summed E-state index contributed by atoms with van der Waals surface area (Å²) in [5, 5.41) is 0. The van der Waals surface area contributed by atoms with Crippen LogP contribution in [-0.4, -0.2) is 13.4 Å². The number of rotatable bonds is 4. The minimum atomic E-state index is -3.68. The number of hydrogen-bond donors (Lipinski definition) is 2. The highest BCUT2D eigenvalue weighted by Gasteiger charge is 2.20. The van der Waals surface area contributed by atoms with Gasteiger partial charge in [0.1, 0.15) is 4.90 Å². The number of nitrogens with zero attached hydrogens (tertiary/aromatic N) is 1. The van der Waals surface area contributed by atoms with Crippen molar-refractivity contribution in [3.8, 4) is 0 Å². The van der Waals surface area contributed by atoms with Crippen LogP contribution < -0.4 is 10.5 Å². The van der Waals surface area contributed by atoms with Gasteiger partial charge in [0.2, 0.25) is 0 Å². The van der Waals surface area contributed by atoms with Crippen molar-refractivity contribution >= 4 is 31.6 Å². The number of nitrogens with one attached hydrogen (secondary N) is 1. The molecule has 2 rings (SSSR count). The lowest BCUT2D eigenvalue weighted by Crippen LogP contribution is -2.15. The molecule has 1 aromatic carbocycles. The highest BCUT2D eigenvalue weighted by molar-refractivity contribution is 9.10. The monoisotopic (exact) mass is 355 g/mol. The molecule has 0 unspecified atom stereocenters. The van der Waals surface area contributed by atoms with E-state index in [2.05, 4.69) is 25.6 Å². The maximum absolute atomic E-state index is 12.4. The van der Waals surface area contributed by atoms with Crippen molar-refractivity contribution in [1.82, 2.24) is 4.98 Å². The van der Waals surface area contributed by atoms with Crippen LogP contribution in [0.4, 0.5) is 5.69 Å². The minimum absolute atomic E-state index is 0.176. The number of hydrogen-bond acceptors (Lipinski definition) is 4. The van der Waals surface area contributed by atoms with Gasteiger partial charge in [-0.05, 0) is 52.2 Å². The Balaban J connectivity index is 2.47. The zero-order chi connectivity index (χ0) is 14.8. The molecule has 0 fully saturated rings. The van der Waals surface area contributed by atoms with Crippen LogP contribution in [0.25, 0.3) is 0 Å². The summed E-state index contributed by atoms with van der Waals surface area (Å²) in [6.45, 7) is 2.11. The summed E-state index contributed by atoms with van der Waals surface area (Å²) in [6, 6.07) is 6.60. The van der Waals surface area contributed by atoms with Crippen molar-refractivity contribution in [1.29, 1.82) is 0 Å². The van der Waals surface area contributed by atoms with Gasteiger partial charge < -0.3 is 5.73 Å². The SMILES string of the molecule is Cc1cc(CN)cc(S(=O)(=O)Nc2ccncc2)c1Br. The molecule has 0 spiro atoms. The van der Waals surface area contributed by atoms with Gasteiger partial charge in [0.15, 0.2) is 0 Å². The Morgan fingerprint density at radius 3 is 2.55 bits per heavy atom. The van der Waals surface area contributed by atoms with Crippen LogP contribution in [0.3, 0.4) is 0 Å². The molecule has 0 aliphatic rings. The predicted octanol–water partition coefficient (Wildman–Crippen LogP) is 2.41. The van der Waals surface area contributed by atoms with Gasteiger partial charge >= 0.3 is 0 Å². The van der Waals surface area contributed by atoms with Crippen molar-refractivity contribution < 1.29 is 8.42 Å². The van der Waals surface area contributed by atoms with E-state index in [4.69, 9.17) is 5.73 Å². The van der Waals surface area contributed by atoms with E-state index < -0.39 is 10.0 Å². The fourth-order valence-corrected chi connectivity index (χ4v) is 3.88. The van der Waals surface area contributed by atoms with E-state index in [1.165, 1.54) is 12.4 Å². The molecule has 5 nitrogen and oxygen atoms in total. The first-order valence-electron chi connectivity index (χ1n) is 5.86. The second kappa shape index (κ2) is 5.90. The molecular formula is C13H14BrN3O2S. The largest absolute Gasteiger partial charge is 0.326 e. The van der Waals surface area contributed by atoms with Gasteiger partial charge in [-0.15, -0.1) is 0 Å². The van der Waals surface area contributed by atoms with Crippen molar-refractivity contribution in [2.75, 3.05) is 4.72 Å². The van der Waals surface area contributed by atoms with Gasteiger partial charge in [-0.1, -0.05) is 6.07 Å². The van der Waals surface area contributed by atoms with Gasteiger partial charge in [-0.25, -0.2) is 8.42 Å². The van der Waals surface area contributed by atoms with Gasteiger partial charge in [-0.3, -0.25) is 9.71 Å². The van der Waals surface area contributed by atoms with Crippen molar-refractivity contribution in [3.63, 3.8) is 0 Å². The smallest absolute Gasteiger partial charge is 0.263 e. The first-order chi connectivity index (χ1) is 9.44. The van der Waals surface area contributed by atoms with Crippen LogP contribution in [-0.2, 0) is 16.6 Å². The highest BCUT2D eigenvalue weighted by atomic mass is 79.9. The Morgan fingerprint density at radius 2 is 1.95 bits per heavy atom. The Labute approximate surface area is 126 Å². The zero-order valence-electron chi connectivity index (χ0n) is 10.8. The number of nitrogens with two attached hydrogens (primary N) is 1. The van der Waals surface area contributed by atoms with Crippen LogP contribution in [0.1, 0.15) is 11.1 Å². The molecule has 106 valence electrons. The van der Waals surface area contributed by atoms with Crippen LogP contribution in [0.5, 0.6) is 0 Å². The summed E-state index contributed by atoms with van der Waals surface area (Å²) < 4.78 is 27.9. The molecule has 0 bridgehead atoms. The maximum atomic E-state index is 12.4. The molecule has 7 heteroatoms. The molecule has 0 aliphatic carbocycles. The normalized spacial score (nSPS) is 11.3. The number of halogens is 1. The number of benzene rings is 1. The average molecular weight is 356 g/mol. The van der Waals surface area contributed by atoms with Gasteiger partial charge in [0.25, 0.3) is 10.0 Å². The minimum Gasteiger partial charge on any atom is -0.326 e. The Bertz CT molecular complexity index is 718. The fraction of sp³-hybridized carbons (Fsp3) is 0.154. The molecule has 0 saturated carbocycles. The third-order valence-electron chi connectivity index (χ3n) is 2.74. The number of aromatic nitrogens is 1. The van der Waals surface area contributed by atoms with E-state index in [1.54, 1.807) is 18.2 Å². The first kappa shape index (κ1) is 15.0. The second-order valence-electron chi connectivity index (χ2n) is 4.27. The van der Waals surface area contributed by atoms with Crippen molar-refractivity contribution in [2.45, 2.75) is 18.4 Å². The van der Waals surface area contributed by atoms with Crippen LogP contribution in [0, 0.1) is 6.92 Å². The van der Waals surface area contributed by atoms with Crippen molar-refractivity contribution in [2.24, 2.45) is 5.73 Å². The number of aryl methyl sites for hydroxylation is 1. The van der Waals surface area contributed by atoms with Crippen LogP contribution in [0.15, 0.2) is 46.0 Å². The summed E-state index contributed by atoms with van der Waals surface area (Å²) in [4.78, 5) is 4.02. The average Bonchev–Trinajstić information content (AvgIpc) is 2.42. The standard InChI is InChI=1S/C13H14BrN3O2S/c1-9-6-10(8-15)7-12(13(9)14)20(18,19)17-11-2-4-16-5-3-11/h2-7H,8,15H2,1H3,(H,16,17). The van der Waals surface area contributed by atoms with Gasteiger partial charge in [-0.2, -0.15) is 0 Å². The first-order valence-corrected chi connectivity index (χ1v) is 8.13. The van der Waals surface area contributed by atoms with E-state index in [9.17, 15) is 8.42 Å². The number of sulfonamides is 1. The second-order valence-corrected chi connectivity index (χ2v) is 6.71. The Hall–Kier alpha value is -1.44. The lowest BCUT2D eigenvalue weighted by molar-refractivity contribution is 0.600. The van der Waals surface area contributed by atoms with E-state index in [0.717, 1.165) is 11.1 Å². The third kappa shape index (κ3) is 3.17. The summed E-state index contributed by atoms with van der Waals surface area (Å²) in [7, 11) is -3.68. The van der Waals surface area contributed by atoms with E-state index in [-0.39, 0.29) is 11.4 Å². The van der Waals surface area contributed by atoms with Gasteiger partial charge in [0, 0.05) is 23.4 Å². The molecule has 0 aliphatic heterocycles. The number of pyridine rings is 1. The van der Waals surface area contributed by atoms with Crippen LogP contribution in [0.2, 0.25) is 0 Å². The molecule has 3 N–H and O–H groups in total. The topological polar surface area (TPSA) is 85.1 Å². The molecule has 1 heterocycles. The lowest BCUT2D eigenvalue weighted by Gasteiger charge is -2.12. The molecule has 0 saturated heterocycles. The van der Waals surface area contributed by atoms with E-state index >= 15 is 0 Å². The summed E-state index contributed by atoms with van der Waals surface area (Å²) in [5.41, 5.74) is 7.64. The molecular weight excluding hydrogens is 342 g/mol. The Morgan fingerprint density at radius 1 is 1.30 bits per heavy atom.